The zero-order chi connectivity index (χ0) is 10.7. The molecule has 14 heavy (non-hydrogen) atoms. The predicted molar refractivity (Wildman–Crippen MR) is 63.0 cm³/mol. The van der Waals surface area contributed by atoms with E-state index in [0.717, 1.165) is 4.47 Å². The van der Waals surface area contributed by atoms with Crippen LogP contribution in [0.4, 0.5) is 0 Å². The lowest BCUT2D eigenvalue weighted by atomic mass is 10.1. The van der Waals surface area contributed by atoms with Crippen LogP contribution in [-0.4, -0.2) is 5.11 Å². The summed E-state index contributed by atoms with van der Waals surface area (Å²) in [5.41, 5.74) is 9.01. The average molecular weight is 323 g/mol. The van der Waals surface area contributed by atoms with E-state index in [-0.39, 0.29) is 5.75 Å². The summed E-state index contributed by atoms with van der Waals surface area (Å²) in [6.07, 6.45) is 1.33. The number of phenolic OH excluding ortho intramolecular Hbond substituents is 1. The van der Waals surface area contributed by atoms with Crippen LogP contribution < -0.4 is 17.0 Å². The van der Waals surface area contributed by atoms with Crippen molar-refractivity contribution in [2.45, 2.75) is 0 Å². The maximum atomic E-state index is 9.46. The van der Waals surface area contributed by atoms with Crippen LogP contribution in [0.5, 0.6) is 5.75 Å². The third-order valence-corrected chi connectivity index (χ3v) is 2.94. The number of hydrogen-bond donors (Lipinski definition) is 4. The van der Waals surface area contributed by atoms with Crippen molar-refractivity contribution in [2.24, 2.45) is 11.6 Å². The van der Waals surface area contributed by atoms with E-state index in [2.05, 4.69) is 37.3 Å². The molecule has 0 spiro atoms. The average Bonchev–Trinajstić information content (AvgIpc) is 2.15. The van der Waals surface area contributed by atoms with Gasteiger partial charge >= 0.3 is 0 Å². The molecule has 0 aromatic heterocycles. The number of hydrazine groups is 1. The zero-order valence-corrected chi connectivity index (χ0v) is 10.3. The minimum atomic E-state index is 0.123. The predicted octanol–water partition coefficient (Wildman–Crippen LogP) is 1.64. The molecule has 0 heterocycles. The summed E-state index contributed by atoms with van der Waals surface area (Å²) in [5, 5.41) is 9.46. The van der Waals surface area contributed by atoms with E-state index in [9.17, 15) is 5.11 Å². The molecule has 0 amide bonds. The molecule has 0 fully saturated rings. The van der Waals surface area contributed by atoms with Gasteiger partial charge in [-0.1, -0.05) is 15.9 Å². The summed E-state index contributed by atoms with van der Waals surface area (Å²) >= 11 is 6.52. The van der Waals surface area contributed by atoms with Crippen molar-refractivity contribution in [1.29, 1.82) is 0 Å². The largest absolute Gasteiger partial charge is 0.507 e. The SMILES string of the molecule is N/C=C(\NN)c1cc(O)c(Br)cc1Br. The Bertz CT molecular complexity index is 379. The van der Waals surface area contributed by atoms with Crippen molar-refractivity contribution in [2.75, 3.05) is 0 Å². The second-order valence-electron chi connectivity index (χ2n) is 2.51. The van der Waals surface area contributed by atoms with Crippen LogP contribution in [0.25, 0.3) is 5.70 Å². The first-order chi connectivity index (χ1) is 6.60. The van der Waals surface area contributed by atoms with Gasteiger partial charge in [0.15, 0.2) is 0 Å². The molecule has 76 valence electrons. The molecule has 0 saturated heterocycles. The fourth-order valence-electron chi connectivity index (χ4n) is 0.960. The van der Waals surface area contributed by atoms with Crippen molar-refractivity contribution in [1.82, 2.24) is 5.43 Å². The van der Waals surface area contributed by atoms with Gasteiger partial charge in [0.1, 0.15) is 5.75 Å². The number of aromatic hydroxyl groups is 1. The Morgan fingerprint density at radius 2 is 2.00 bits per heavy atom. The second-order valence-corrected chi connectivity index (χ2v) is 4.22. The summed E-state index contributed by atoms with van der Waals surface area (Å²) in [6.45, 7) is 0. The minimum Gasteiger partial charge on any atom is -0.507 e. The summed E-state index contributed by atoms with van der Waals surface area (Å²) < 4.78 is 1.37. The Morgan fingerprint density at radius 3 is 2.50 bits per heavy atom. The number of rotatable bonds is 2. The molecular weight excluding hydrogens is 314 g/mol. The third kappa shape index (κ3) is 2.20. The molecule has 1 rings (SSSR count). The smallest absolute Gasteiger partial charge is 0.130 e. The maximum Gasteiger partial charge on any atom is 0.130 e. The molecule has 0 aliphatic rings. The summed E-state index contributed by atoms with van der Waals surface area (Å²) in [7, 11) is 0. The van der Waals surface area contributed by atoms with Crippen molar-refractivity contribution < 1.29 is 5.11 Å². The first-order valence-electron chi connectivity index (χ1n) is 3.67. The third-order valence-electron chi connectivity index (χ3n) is 1.65. The quantitative estimate of drug-likeness (QED) is 0.492. The highest BCUT2D eigenvalue weighted by molar-refractivity contribution is 9.11. The van der Waals surface area contributed by atoms with Crippen molar-refractivity contribution >= 4 is 37.6 Å². The molecule has 0 aliphatic heterocycles. The van der Waals surface area contributed by atoms with Gasteiger partial charge in [-0.25, -0.2) is 0 Å². The summed E-state index contributed by atoms with van der Waals surface area (Å²) in [4.78, 5) is 0. The van der Waals surface area contributed by atoms with Crippen LogP contribution in [0.3, 0.4) is 0 Å². The van der Waals surface area contributed by atoms with E-state index in [1.54, 1.807) is 12.1 Å². The number of nitrogens with two attached hydrogens (primary N) is 2. The van der Waals surface area contributed by atoms with Crippen LogP contribution >= 0.6 is 31.9 Å². The van der Waals surface area contributed by atoms with Gasteiger partial charge in [-0.15, -0.1) is 0 Å². The monoisotopic (exact) mass is 321 g/mol. The maximum absolute atomic E-state index is 9.46. The lowest BCUT2D eigenvalue weighted by Crippen LogP contribution is -2.21. The number of hydrogen-bond acceptors (Lipinski definition) is 4. The Balaban J connectivity index is 3.28. The first kappa shape index (κ1) is 11.4. The Hall–Kier alpha value is -0.720. The van der Waals surface area contributed by atoms with Crippen LogP contribution in [-0.2, 0) is 0 Å². The van der Waals surface area contributed by atoms with Gasteiger partial charge in [-0.2, -0.15) is 0 Å². The Morgan fingerprint density at radius 1 is 1.36 bits per heavy atom. The molecule has 0 radical (unpaired) electrons. The Labute approximate surface area is 98.2 Å². The molecule has 0 saturated carbocycles. The van der Waals surface area contributed by atoms with E-state index in [1.807, 2.05) is 0 Å². The van der Waals surface area contributed by atoms with E-state index < -0.39 is 0 Å². The van der Waals surface area contributed by atoms with Gasteiger partial charge in [0.2, 0.25) is 0 Å². The number of nitrogens with one attached hydrogen (secondary N) is 1. The van der Waals surface area contributed by atoms with Crippen LogP contribution in [0.15, 0.2) is 27.3 Å². The van der Waals surface area contributed by atoms with Crippen molar-refractivity contribution in [3.05, 3.63) is 32.8 Å². The van der Waals surface area contributed by atoms with Gasteiger partial charge in [-0.05, 0) is 28.1 Å². The molecule has 0 atom stereocenters. The minimum absolute atomic E-state index is 0.123. The first-order valence-corrected chi connectivity index (χ1v) is 5.25. The van der Waals surface area contributed by atoms with Gasteiger partial charge in [0.05, 0.1) is 10.2 Å². The van der Waals surface area contributed by atoms with Crippen LogP contribution in [0, 0.1) is 0 Å². The standard InChI is InChI=1S/C8H9Br2N3O/c9-5-2-6(10)8(14)1-4(5)7(3-11)13-12/h1-3,13-14H,11-12H2/b7-3-. The van der Waals surface area contributed by atoms with Gasteiger partial charge in [-0.3, -0.25) is 5.84 Å². The second kappa shape index (κ2) is 4.68. The molecular formula is C8H9Br2N3O. The van der Waals surface area contributed by atoms with Gasteiger partial charge < -0.3 is 16.3 Å². The fraction of sp³-hybridized carbons (Fsp3) is 0. The van der Waals surface area contributed by atoms with E-state index in [0.29, 0.717) is 15.7 Å². The lowest BCUT2D eigenvalue weighted by molar-refractivity contribution is 0.471. The molecule has 0 bridgehead atoms. The molecule has 1 aromatic rings. The number of halogens is 2. The molecule has 6 heteroatoms. The highest BCUT2D eigenvalue weighted by atomic mass is 79.9. The molecule has 4 nitrogen and oxygen atoms in total. The van der Waals surface area contributed by atoms with Crippen molar-refractivity contribution in [3.63, 3.8) is 0 Å². The van der Waals surface area contributed by atoms with E-state index in [1.165, 1.54) is 6.20 Å². The molecule has 0 aliphatic carbocycles. The highest BCUT2D eigenvalue weighted by Crippen LogP contribution is 2.32. The molecule has 0 unspecified atom stereocenters. The zero-order valence-electron chi connectivity index (χ0n) is 7.09. The van der Waals surface area contributed by atoms with Gasteiger partial charge in [0, 0.05) is 16.2 Å². The van der Waals surface area contributed by atoms with Crippen molar-refractivity contribution in [3.8, 4) is 5.75 Å². The summed E-state index contributed by atoms with van der Waals surface area (Å²) in [6, 6.07) is 3.26. The topological polar surface area (TPSA) is 84.3 Å². The highest BCUT2D eigenvalue weighted by Gasteiger charge is 2.08. The normalized spacial score (nSPS) is 11.5. The Kier molecular flexibility index (Phi) is 3.79. The van der Waals surface area contributed by atoms with Crippen LogP contribution in [0.1, 0.15) is 5.56 Å². The van der Waals surface area contributed by atoms with E-state index in [4.69, 9.17) is 11.6 Å². The van der Waals surface area contributed by atoms with E-state index >= 15 is 0 Å². The number of benzene rings is 1. The lowest BCUT2D eigenvalue weighted by Gasteiger charge is -2.09. The molecule has 1 aromatic carbocycles. The summed E-state index contributed by atoms with van der Waals surface area (Å²) in [5.74, 6) is 5.38. The fourth-order valence-corrected chi connectivity index (χ4v) is 2.17. The number of phenols is 1. The van der Waals surface area contributed by atoms with Gasteiger partial charge in [0.25, 0.3) is 0 Å². The molecule has 6 N–H and O–H groups in total. The van der Waals surface area contributed by atoms with Crippen LogP contribution in [0.2, 0.25) is 0 Å².